The number of benzene rings is 2. The lowest BCUT2D eigenvalue weighted by atomic mass is 9.93. The van der Waals surface area contributed by atoms with Crippen molar-refractivity contribution in [2.75, 3.05) is 7.11 Å². The van der Waals surface area contributed by atoms with Crippen molar-refractivity contribution in [2.45, 2.75) is 77.3 Å². The molecule has 0 aromatic heterocycles. The third-order valence-corrected chi connectivity index (χ3v) is 7.61. The van der Waals surface area contributed by atoms with Crippen LogP contribution in [-0.2, 0) is 29.5 Å². The molecule has 0 amide bonds. The van der Waals surface area contributed by atoms with Crippen LogP contribution in [0.25, 0.3) is 0 Å². The van der Waals surface area contributed by atoms with Crippen LogP contribution in [0.5, 0.6) is 5.75 Å². The minimum atomic E-state index is -3.57. The second-order valence-electron chi connectivity index (χ2n) is 8.17. The van der Waals surface area contributed by atoms with Gasteiger partial charge in [-0.25, -0.2) is 8.42 Å². The fraction of sp³-hybridized carbons (Fsp3) is 0.462. The molecule has 0 radical (unpaired) electrons. The molecule has 1 aliphatic rings. The maximum Gasteiger partial charge on any atom is 0.243 e. The van der Waals surface area contributed by atoms with Crippen molar-refractivity contribution in [3.8, 4) is 17.6 Å². The topological polar surface area (TPSA) is 46.6 Å². The molecule has 1 heterocycles. The number of fused-ring (bicyclic) bond motifs is 1. The summed E-state index contributed by atoms with van der Waals surface area (Å²) in [6, 6.07) is 9.07. The Bertz CT molecular complexity index is 1080. The summed E-state index contributed by atoms with van der Waals surface area (Å²) in [5.74, 6) is 7.54. The number of ether oxygens (including phenoxy) is 1. The van der Waals surface area contributed by atoms with E-state index in [-0.39, 0.29) is 0 Å². The van der Waals surface area contributed by atoms with Gasteiger partial charge in [-0.1, -0.05) is 56.2 Å². The molecular formula is C26H33NO3S. The highest BCUT2D eigenvalue weighted by Gasteiger charge is 2.33. The predicted molar refractivity (Wildman–Crippen MR) is 126 cm³/mol. The van der Waals surface area contributed by atoms with Crippen molar-refractivity contribution in [1.82, 2.24) is 4.31 Å². The summed E-state index contributed by atoms with van der Waals surface area (Å²) in [7, 11) is -1.89. The van der Waals surface area contributed by atoms with Crippen LogP contribution in [0.4, 0.5) is 0 Å². The average molecular weight is 440 g/mol. The summed E-state index contributed by atoms with van der Waals surface area (Å²) in [5.41, 5.74) is 5.15. The summed E-state index contributed by atoms with van der Waals surface area (Å²) in [4.78, 5) is 0.333. The Labute approximate surface area is 187 Å². The zero-order valence-corrected chi connectivity index (χ0v) is 19.9. The van der Waals surface area contributed by atoms with Crippen LogP contribution in [0.3, 0.4) is 0 Å². The summed E-state index contributed by atoms with van der Waals surface area (Å²) in [6.07, 6.45) is 6.03. The van der Waals surface area contributed by atoms with E-state index in [1.165, 1.54) is 0 Å². The molecule has 2 aromatic rings. The Hall–Kier alpha value is -2.29. The van der Waals surface area contributed by atoms with E-state index in [1.54, 1.807) is 23.5 Å². The second-order valence-corrected chi connectivity index (χ2v) is 10.1. The van der Waals surface area contributed by atoms with E-state index in [2.05, 4.69) is 25.7 Å². The Morgan fingerprint density at radius 1 is 1.06 bits per heavy atom. The van der Waals surface area contributed by atoms with E-state index < -0.39 is 10.0 Å². The summed E-state index contributed by atoms with van der Waals surface area (Å²) < 4.78 is 33.9. The lowest BCUT2D eigenvalue weighted by Crippen LogP contribution is -2.25. The van der Waals surface area contributed by atoms with Crippen LogP contribution < -0.4 is 4.74 Å². The monoisotopic (exact) mass is 439 g/mol. The van der Waals surface area contributed by atoms with E-state index in [0.29, 0.717) is 18.0 Å². The highest BCUT2D eigenvalue weighted by Crippen LogP contribution is 2.37. The zero-order valence-electron chi connectivity index (χ0n) is 19.1. The number of aryl methyl sites for hydroxylation is 1. The minimum Gasteiger partial charge on any atom is -0.496 e. The number of hydrogen-bond acceptors (Lipinski definition) is 3. The molecule has 0 saturated carbocycles. The number of sulfonamides is 1. The Morgan fingerprint density at radius 2 is 1.77 bits per heavy atom. The average Bonchev–Trinajstić information content (AvgIpc) is 3.20. The quantitative estimate of drug-likeness (QED) is 0.398. The van der Waals surface area contributed by atoms with Gasteiger partial charge in [0.2, 0.25) is 10.0 Å². The van der Waals surface area contributed by atoms with Gasteiger partial charge in [0.15, 0.2) is 0 Å². The van der Waals surface area contributed by atoms with Crippen LogP contribution in [0.1, 0.15) is 73.8 Å². The van der Waals surface area contributed by atoms with Gasteiger partial charge in [0.25, 0.3) is 0 Å². The molecule has 0 fully saturated rings. The molecule has 0 aliphatic carbocycles. The number of nitrogens with zero attached hydrogens (tertiary/aromatic N) is 1. The van der Waals surface area contributed by atoms with Crippen LogP contribution in [0, 0.1) is 18.8 Å². The molecule has 0 bridgehead atoms. The van der Waals surface area contributed by atoms with Gasteiger partial charge < -0.3 is 4.74 Å². The second kappa shape index (κ2) is 10.3. The molecule has 0 N–H and O–H groups in total. The molecule has 4 nitrogen and oxygen atoms in total. The fourth-order valence-corrected chi connectivity index (χ4v) is 5.31. The Balaban J connectivity index is 2.03. The number of unbranched alkanes of at least 4 members (excludes halogenated alkanes) is 3. The molecular weight excluding hydrogens is 406 g/mol. The Morgan fingerprint density at radius 3 is 2.42 bits per heavy atom. The summed E-state index contributed by atoms with van der Waals surface area (Å²) in [5, 5.41) is 0. The molecule has 2 aromatic carbocycles. The summed E-state index contributed by atoms with van der Waals surface area (Å²) in [6.45, 7) is 6.98. The number of rotatable bonds is 8. The van der Waals surface area contributed by atoms with Crippen LogP contribution in [0.2, 0.25) is 0 Å². The van der Waals surface area contributed by atoms with E-state index in [0.717, 1.165) is 72.1 Å². The molecule has 166 valence electrons. The van der Waals surface area contributed by atoms with Gasteiger partial charge in [0.1, 0.15) is 5.75 Å². The lowest BCUT2D eigenvalue weighted by molar-refractivity contribution is 0.407. The molecule has 0 spiro atoms. The van der Waals surface area contributed by atoms with E-state index in [9.17, 15) is 8.42 Å². The third kappa shape index (κ3) is 5.14. The lowest BCUT2D eigenvalue weighted by Gasteiger charge is -2.16. The van der Waals surface area contributed by atoms with Gasteiger partial charge in [-0.15, -0.1) is 0 Å². The largest absolute Gasteiger partial charge is 0.496 e. The van der Waals surface area contributed by atoms with Gasteiger partial charge in [-0.3, -0.25) is 0 Å². The first-order valence-corrected chi connectivity index (χ1v) is 12.6. The van der Waals surface area contributed by atoms with Crippen molar-refractivity contribution in [3.05, 3.63) is 58.1 Å². The first-order valence-electron chi connectivity index (χ1n) is 11.2. The maximum atomic E-state index is 13.3. The van der Waals surface area contributed by atoms with Crippen molar-refractivity contribution < 1.29 is 13.2 Å². The maximum absolute atomic E-state index is 13.3. The standard InChI is InChI=1S/C26H33NO3S/c1-5-7-9-10-12-23-24(11-8-6-2)26(30-4)17-21-18-27(19-25(21)23)31(28,29)22-15-13-20(3)14-16-22/h13-17H,5-9,11,18-19H2,1-4H3. The SMILES string of the molecule is CCCCC#Cc1c2c(cc(OC)c1CCCC)CN(S(=O)(=O)c1ccc(C)cc1)C2. The molecule has 31 heavy (non-hydrogen) atoms. The van der Waals surface area contributed by atoms with Crippen molar-refractivity contribution in [1.29, 1.82) is 0 Å². The van der Waals surface area contributed by atoms with Gasteiger partial charge in [0, 0.05) is 30.6 Å². The van der Waals surface area contributed by atoms with Crippen molar-refractivity contribution in [3.63, 3.8) is 0 Å². The first-order chi connectivity index (χ1) is 14.9. The smallest absolute Gasteiger partial charge is 0.243 e. The van der Waals surface area contributed by atoms with Crippen LogP contribution in [0.15, 0.2) is 35.2 Å². The van der Waals surface area contributed by atoms with Gasteiger partial charge in [-0.2, -0.15) is 4.31 Å². The molecule has 0 saturated heterocycles. The normalized spacial score (nSPS) is 13.5. The molecule has 5 heteroatoms. The van der Waals surface area contributed by atoms with Crippen LogP contribution >= 0.6 is 0 Å². The molecule has 0 unspecified atom stereocenters. The zero-order chi connectivity index (χ0) is 22.4. The molecule has 1 aliphatic heterocycles. The van der Waals surface area contributed by atoms with E-state index in [4.69, 9.17) is 4.74 Å². The highest BCUT2D eigenvalue weighted by atomic mass is 32.2. The van der Waals surface area contributed by atoms with E-state index in [1.807, 2.05) is 25.1 Å². The predicted octanol–water partition coefficient (Wildman–Crippen LogP) is 5.59. The number of hydrogen-bond donors (Lipinski definition) is 0. The first kappa shape index (κ1) is 23.4. The van der Waals surface area contributed by atoms with Gasteiger partial charge in [0.05, 0.1) is 12.0 Å². The minimum absolute atomic E-state index is 0.333. The highest BCUT2D eigenvalue weighted by molar-refractivity contribution is 7.89. The molecule has 3 rings (SSSR count). The van der Waals surface area contributed by atoms with Gasteiger partial charge in [-0.05, 0) is 55.5 Å². The fourth-order valence-electron chi connectivity index (χ4n) is 3.92. The van der Waals surface area contributed by atoms with Crippen LogP contribution in [-0.4, -0.2) is 19.8 Å². The summed E-state index contributed by atoms with van der Waals surface area (Å²) >= 11 is 0. The van der Waals surface area contributed by atoms with Gasteiger partial charge >= 0.3 is 0 Å². The van der Waals surface area contributed by atoms with Crippen molar-refractivity contribution >= 4 is 10.0 Å². The third-order valence-electron chi connectivity index (χ3n) is 5.80. The molecule has 0 atom stereocenters. The number of methoxy groups -OCH3 is 1. The van der Waals surface area contributed by atoms with Crippen molar-refractivity contribution in [2.24, 2.45) is 0 Å². The van der Waals surface area contributed by atoms with E-state index >= 15 is 0 Å². The Kier molecular flexibility index (Phi) is 7.80.